The lowest BCUT2D eigenvalue weighted by molar-refractivity contribution is 1.09. The summed E-state index contributed by atoms with van der Waals surface area (Å²) in [6, 6.07) is 9.94. The van der Waals surface area contributed by atoms with Crippen molar-refractivity contribution in [1.82, 2.24) is 0 Å². The molecule has 1 unspecified atom stereocenters. The first-order valence-electron chi connectivity index (χ1n) is 3.94. The Balaban J connectivity index is 2.92. The summed E-state index contributed by atoms with van der Waals surface area (Å²) in [6.07, 6.45) is 3.56. The summed E-state index contributed by atoms with van der Waals surface area (Å²) < 4.78 is 0.272. The highest BCUT2D eigenvalue weighted by Crippen LogP contribution is 2.22. The largest absolute Gasteiger partial charge is 0.103 e. The minimum absolute atomic E-state index is 0.0891. The van der Waals surface area contributed by atoms with E-state index in [0.29, 0.717) is 0 Å². The van der Waals surface area contributed by atoms with Gasteiger partial charge in [-0.25, -0.2) is 0 Å². The fraction of sp³-hybridized carbons (Fsp3) is 0.0909. The summed E-state index contributed by atoms with van der Waals surface area (Å²) in [5.41, 5.74) is 1.14. The van der Waals surface area contributed by atoms with Gasteiger partial charge in [-0.05, 0) is 11.6 Å². The van der Waals surface area contributed by atoms with Crippen LogP contribution < -0.4 is 0 Å². The average molecular weight is 213 g/mol. The molecule has 0 amide bonds. The second kappa shape index (κ2) is 5.11. The molecule has 0 saturated heterocycles. The van der Waals surface area contributed by atoms with E-state index in [0.717, 1.165) is 5.56 Å². The van der Waals surface area contributed by atoms with Crippen molar-refractivity contribution < 1.29 is 0 Å². The SMILES string of the molecule is C=CC(C=C(Cl)Cl)c1ccccc1. The number of hydrogen-bond acceptors (Lipinski definition) is 0. The summed E-state index contributed by atoms with van der Waals surface area (Å²) in [5.74, 6) is 0.0891. The minimum atomic E-state index is 0.0891. The van der Waals surface area contributed by atoms with E-state index in [1.807, 2.05) is 30.3 Å². The van der Waals surface area contributed by atoms with Crippen LogP contribution in [0.4, 0.5) is 0 Å². The third-order valence-corrected chi connectivity index (χ3v) is 2.00. The summed E-state index contributed by atoms with van der Waals surface area (Å²) in [6.45, 7) is 3.73. The van der Waals surface area contributed by atoms with Crippen molar-refractivity contribution in [2.75, 3.05) is 0 Å². The van der Waals surface area contributed by atoms with E-state index in [-0.39, 0.29) is 10.4 Å². The molecule has 0 radical (unpaired) electrons. The molecule has 0 nitrogen and oxygen atoms in total. The van der Waals surface area contributed by atoms with Crippen LogP contribution in [0.2, 0.25) is 0 Å². The molecule has 1 atom stereocenters. The first-order valence-corrected chi connectivity index (χ1v) is 4.70. The normalized spacial score (nSPS) is 11.8. The van der Waals surface area contributed by atoms with Gasteiger partial charge in [-0.2, -0.15) is 0 Å². The van der Waals surface area contributed by atoms with Crippen LogP contribution in [-0.2, 0) is 0 Å². The monoisotopic (exact) mass is 212 g/mol. The van der Waals surface area contributed by atoms with Gasteiger partial charge in [0.15, 0.2) is 0 Å². The molecule has 13 heavy (non-hydrogen) atoms. The van der Waals surface area contributed by atoms with E-state index < -0.39 is 0 Å². The summed E-state index contributed by atoms with van der Waals surface area (Å²) in [7, 11) is 0. The quantitative estimate of drug-likeness (QED) is 0.657. The molecule has 2 heteroatoms. The van der Waals surface area contributed by atoms with E-state index in [1.165, 1.54) is 0 Å². The minimum Gasteiger partial charge on any atom is -0.102 e. The molecule has 0 spiro atoms. The zero-order chi connectivity index (χ0) is 9.68. The number of benzene rings is 1. The first kappa shape index (κ1) is 10.4. The standard InChI is InChI=1S/C11H10Cl2/c1-2-9(8-11(12)13)10-6-4-3-5-7-10/h2-9H,1H2. The summed E-state index contributed by atoms with van der Waals surface area (Å²) in [5, 5.41) is 0. The molecule has 1 aromatic carbocycles. The van der Waals surface area contributed by atoms with Crippen LogP contribution in [0.15, 0.2) is 53.6 Å². The Morgan fingerprint density at radius 1 is 1.23 bits per heavy atom. The van der Waals surface area contributed by atoms with Crippen LogP contribution in [-0.4, -0.2) is 0 Å². The van der Waals surface area contributed by atoms with Gasteiger partial charge in [-0.1, -0.05) is 59.6 Å². The lowest BCUT2D eigenvalue weighted by Gasteiger charge is -2.06. The van der Waals surface area contributed by atoms with Gasteiger partial charge in [0.25, 0.3) is 0 Å². The Labute approximate surface area is 88.5 Å². The zero-order valence-corrected chi connectivity index (χ0v) is 8.59. The van der Waals surface area contributed by atoms with Crippen LogP contribution in [0.3, 0.4) is 0 Å². The van der Waals surface area contributed by atoms with Gasteiger partial charge in [0.1, 0.15) is 4.49 Å². The Morgan fingerprint density at radius 3 is 2.31 bits per heavy atom. The highest BCUT2D eigenvalue weighted by Gasteiger charge is 2.03. The number of halogens is 2. The van der Waals surface area contributed by atoms with E-state index in [1.54, 1.807) is 12.2 Å². The van der Waals surface area contributed by atoms with Crippen molar-refractivity contribution in [2.45, 2.75) is 5.92 Å². The van der Waals surface area contributed by atoms with E-state index >= 15 is 0 Å². The maximum atomic E-state index is 5.58. The molecule has 0 aliphatic rings. The third-order valence-electron chi connectivity index (χ3n) is 1.74. The Bertz CT molecular complexity index is 297. The molecule has 0 heterocycles. The molecule has 68 valence electrons. The highest BCUT2D eigenvalue weighted by atomic mass is 35.5. The fourth-order valence-corrected chi connectivity index (χ4v) is 1.38. The fourth-order valence-electron chi connectivity index (χ4n) is 1.11. The smallest absolute Gasteiger partial charge is 0.102 e. The van der Waals surface area contributed by atoms with Crippen LogP contribution >= 0.6 is 23.2 Å². The number of rotatable bonds is 3. The van der Waals surface area contributed by atoms with Crippen molar-refractivity contribution in [3.05, 3.63) is 59.1 Å². The van der Waals surface area contributed by atoms with Gasteiger partial charge < -0.3 is 0 Å². The van der Waals surface area contributed by atoms with Crippen molar-refractivity contribution in [3.63, 3.8) is 0 Å². The van der Waals surface area contributed by atoms with E-state index in [9.17, 15) is 0 Å². The molecule has 0 aliphatic heterocycles. The molecule has 0 bridgehead atoms. The molecule has 1 aromatic rings. The van der Waals surface area contributed by atoms with E-state index in [2.05, 4.69) is 6.58 Å². The summed E-state index contributed by atoms with van der Waals surface area (Å²) >= 11 is 11.2. The zero-order valence-electron chi connectivity index (χ0n) is 7.08. The van der Waals surface area contributed by atoms with Gasteiger partial charge in [0, 0.05) is 5.92 Å². The van der Waals surface area contributed by atoms with Gasteiger partial charge in [-0.3, -0.25) is 0 Å². The number of hydrogen-bond donors (Lipinski definition) is 0. The van der Waals surface area contributed by atoms with Gasteiger partial charge >= 0.3 is 0 Å². The lowest BCUT2D eigenvalue weighted by Crippen LogP contribution is -1.89. The molecule has 0 aromatic heterocycles. The second-order valence-corrected chi connectivity index (χ2v) is 3.64. The molecular formula is C11H10Cl2. The molecule has 0 aliphatic carbocycles. The van der Waals surface area contributed by atoms with Gasteiger partial charge in [0.2, 0.25) is 0 Å². The number of allylic oxidation sites excluding steroid dienone is 2. The van der Waals surface area contributed by atoms with Crippen LogP contribution in [0.25, 0.3) is 0 Å². The van der Waals surface area contributed by atoms with Gasteiger partial charge in [-0.15, -0.1) is 6.58 Å². The topological polar surface area (TPSA) is 0 Å². The predicted octanol–water partition coefficient (Wildman–Crippen LogP) is 4.28. The Hall–Kier alpha value is -0.720. The molecule has 1 rings (SSSR count). The summed E-state index contributed by atoms with van der Waals surface area (Å²) in [4.78, 5) is 0. The predicted molar refractivity (Wildman–Crippen MR) is 59.2 cm³/mol. The second-order valence-electron chi connectivity index (χ2n) is 2.63. The Morgan fingerprint density at radius 2 is 1.85 bits per heavy atom. The van der Waals surface area contributed by atoms with Crippen LogP contribution in [0.5, 0.6) is 0 Å². The average Bonchev–Trinajstić information content (AvgIpc) is 2.15. The van der Waals surface area contributed by atoms with E-state index in [4.69, 9.17) is 23.2 Å². The maximum Gasteiger partial charge on any atom is 0.103 e. The van der Waals surface area contributed by atoms with Crippen molar-refractivity contribution >= 4 is 23.2 Å². The van der Waals surface area contributed by atoms with Crippen LogP contribution in [0, 0.1) is 0 Å². The molecular weight excluding hydrogens is 203 g/mol. The molecule has 0 saturated carbocycles. The van der Waals surface area contributed by atoms with Crippen LogP contribution in [0.1, 0.15) is 11.5 Å². The Kier molecular flexibility index (Phi) is 4.07. The first-order chi connectivity index (χ1) is 6.24. The maximum absolute atomic E-state index is 5.58. The van der Waals surface area contributed by atoms with Crippen molar-refractivity contribution in [2.24, 2.45) is 0 Å². The van der Waals surface area contributed by atoms with Gasteiger partial charge in [0.05, 0.1) is 0 Å². The lowest BCUT2D eigenvalue weighted by atomic mass is 10.00. The highest BCUT2D eigenvalue weighted by molar-refractivity contribution is 6.55. The third kappa shape index (κ3) is 3.25. The molecule has 0 fully saturated rings. The molecule has 0 N–H and O–H groups in total. The van der Waals surface area contributed by atoms with Crippen molar-refractivity contribution in [1.29, 1.82) is 0 Å². The van der Waals surface area contributed by atoms with Crippen molar-refractivity contribution in [3.8, 4) is 0 Å².